The molecule has 2 N–H and O–H groups in total. The Morgan fingerprint density at radius 1 is 1.29 bits per heavy atom. The van der Waals surface area contributed by atoms with E-state index in [0.717, 1.165) is 31.4 Å². The van der Waals surface area contributed by atoms with Crippen LogP contribution in [0.2, 0.25) is 0 Å². The molecule has 0 spiro atoms. The van der Waals surface area contributed by atoms with Crippen LogP contribution in [0.5, 0.6) is 5.88 Å². The second-order valence-electron chi connectivity index (χ2n) is 7.27. The summed E-state index contributed by atoms with van der Waals surface area (Å²) in [7, 11) is -1.64. The minimum Gasteiger partial charge on any atom is -0.482 e. The molecular formula is C19H27N3O5S. The number of para-hydroxylation sites is 1. The van der Waals surface area contributed by atoms with E-state index < -0.39 is 16.0 Å². The van der Waals surface area contributed by atoms with E-state index in [0.29, 0.717) is 36.8 Å². The summed E-state index contributed by atoms with van der Waals surface area (Å²) in [6.45, 7) is 3.60. The predicted octanol–water partition coefficient (Wildman–Crippen LogP) is 1.61. The van der Waals surface area contributed by atoms with Crippen LogP contribution in [-0.2, 0) is 16.6 Å². The normalized spacial score (nSPS) is 16.5. The van der Waals surface area contributed by atoms with E-state index in [1.807, 2.05) is 28.8 Å². The molecule has 1 aliphatic heterocycles. The van der Waals surface area contributed by atoms with E-state index in [9.17, 15) is 18.3 Å². The molecule has 28 heavy (non-hydrogen) atoms. The molecule has 1 fully saturated rings. The summed E-state index contributed by atoms with van der Waals surface area (Å²) in [5, 5.41) is 10.3. The number of sulfonamides is 1. The van der Waals surface area contributed by atoms with Gasteiger partial charge in [-0.2, -0.15) is 0 Å². The number of likely N-dealkylation sites (tertiary alicyclic amines) is 1. The van der Waals surface area contributed by atoms with Gasteiger partial charge in [0.15, 0.2) is 0 Å². The number of piperidine rings is 1. The van der Waals surface area contributed by atoms with Gasteiger partial charge in [0.1, 0.15) is 5.56 Å². The Morgan fingerprint density at radius 3 is 2.57 bits per heavy atom. The Labute approximate surface area is 165 Å². The first-order valence-electron chi connectivity index (χ1n) is 9.35. The molecule has 0 saturated carbocycles. The third-order valence-electron chi connectivity index (χ3n) is 5.27. The summed E-state index contributed by atoms with van der Waals surface area (Å²) in [6, 6.07) is 7.48. The molecule has 9 heteroatoms. The highest BCUT2D eigenvalue weighted by Gasteiger charge is 2.26. The SMILES string of the molecule is COc1c(C(=O)O)c2ccccc2n1CC1CCN(CCNS(C)(=O)=O)CC1. The number of fused-ring (bicyclic) bond motifs is 1. The van der Waals surface area contributed by atoms with Crippen molar-refractivity contribution in [1.82, 2.24) is 14.2 Å². The van der Waals surface area contributed by atoms with E-state index in [4.69, 9.17) is 4.74 Å². The Morgan fingerprint density at radius 2 is 1.96 bits per heavy atom. The van der Waals surface area contributed by atoms with E-state index in [2.05, 4.69) is 9.62 Å². The van der Waals surface area contributed by atoms with Crippen LogP contribution in [0, 0.1) is 5.92 Å². The van der Waals surface area contributed by atoms with E-state index >= 15 is 0 Å². The van der Waals surface area contributed by atoms with Gasteiger partial charge in [0.05, 0.1) is 18.9 Å². The zero-order valence-electron chi connectivity index (χ0n) is 16.2. The number of benzene rings is 1. The van der Waals surface area contributed by atoms with Gasteiger partial charge in [-0.05, 0) is 37.9 Å². The second-order valence-corrected chi connectivity index (χ2v) is 9.10. The summed E-state index contributed by atoms with van der Waals surface area (Å²) in [5.41, 5.74) is 1.08. The van der Waals surface area contributed by atoms with Crippen LogP contribution in [-0.4, -0.2) is 68.5 Å². The maximum Gasteiger partial charge on any atom is 0.341 e. The van der Waals surface area contributed by atoms with Crippen molar-refractivity contribution in [3.8, 4) is 5.88 Å². The molecule has 154 valence electrons. The Balaban J connectivity index is 1.69. The van der Waals surface area contributed by atoms with Gasteiger partial charge in [-0.1, -0.05) is 18.2 Å². The van der Waals surface area contributed by atoms with Crippen molar-refractivity contribution in [2.45, 2.75) is 19.4 Å². The molecule has 0 aliphatic carbocycles. The molecule has 2 heterocycles. The maximum atomic E-state index is 11.8. The van der Waals surface area contributed by atoms with E-state index in [1.54, 1.807) is 0 Å². The number of nitrogens with one attached hydrogen (secondary N) is 1. The summed E-state index contributed by atoms with van der Waals surface area (Å²) >= 11 is 0. The largest absolute Gasteiger partial charge is 0.482 e. The van der Waals surface area contributed by atoms with Crippen LogP contribution in [0.1, 0.15) is 23.2 Å². The highest BCUT2D eigenvalue weighted by Crippen LogP contribution is 2.34. The Bertz CT molecular complexity index is 946. The Hall–Kier alpha value is -2.10. The molecule has 2 aromatic rings. The van der Waals surface area contributed by atoms with Gasteiger partial charge in [-0.3, -0.25) is 0 Å². The lowest BCUT2D eigenvalue weighted by molar-refractivity contribution is 0.0694. The highest BCUT2D eigenvalue weighted by atomic mass is 32.2. The van der Waals surface area contributed by atoms with Crippen LogP contribution >= 0.6 is 0 Å². The van der Waals surface area contributed by atoms with Crippen LogP contribution in [0.25, 0.3) is 10.9 Å². The minimum atomic E-state index is -3.15. The van der Waals surface area contributed by atoms with Crippen molar-refractivity contribution >= 4 is 26.9 Å². The number of hydrogen-bond donors (Lipinski definition) is 2. The second kappa shape index (κ2) is 8.50. The number of rotatable bonds is 8. The van der Waals surface area contributed by atoms with Gasteiger partial charge in [-0.15, -0.1) is 0 Å². The number of carboxylic acid groups (broad SMARTS) is 1. The molecule has 1 aromatic carbocycles. The third-order valence-corrected chi connectivity index (χ3v) is 6.00. The van der Waals surface area contributed by atoms with Gasteiger partial charge < -0.3 is 19.3 Å². The van der Waals surface area contributed by atoms with Gasteiger partial charge in [0.2, 0.25) is 15.9 Å². The number of ether oxygens (including phenoxy) is 1. The first-order chi connectivity index (χ1) is 13.3. The fourth-order valence-corrected chi connectivity index (χ4v) is 4.38. The van der Waals surface area contributed by atoms with Crippen LogP contribution < -0.4 is 9.46 Å². The number of nitrogens with zero attached hydrogens (tertiary/aromatic N) is 2. The van der Waals surface area contributed by atoms with Gasteiger partial charge in [0, 0.05) is 25.0 Å². The lowest BCUT2D eigenvalue weighted by Crippen LogP contribution is -2.40. The highest BCUT2D eigenvalue weighted by molar-refractivity contribution is 7.88. The van der Waals surface area contributed by atoms with Gasteiger partial charge in [-0.25, -0.2) is 17.9 Å². The average Bonchev–Trinajstić information content (AvgIpc) is 2.96. The molecular weight excluding hydrogens is 382 g/mol. The fraction of sp³-hybridized carbons (Fsp3) is 0.526. The van der Waals surface area contributed by atoms with Crippen molar-refractivity contribution in [3.63, 3.8) is 0 Å². The topological polar surface area (TPSA) is 101 Å². The smallest absolute Gasteiger partial charge is 0.341 e. The average molecular weight is 410 g/mol. The first kappa shape index (κ1) is 20.6. The summed E-state index contributed by atoms with van der Waals surface area (Å²) in [6.07, 6.45) is 3.10. The molecule has 1 aliphatic rings. The van der Waals surface area contributed by atoms with E-state index in [1.165, 1.54) is 13.4 Å². The molecule has 0 radical (unpaired) electrons. The molecule has 3 rings (SSSR count). The van der Waals surface area contributed by atoms with Crippen LogP contribution in [0.3, 0.4) is 0 Å². The minimum absolute atomic E-state index is 0.211. The lowest BCUT2D eigenvalue weighted by atomic mass is 9.96. The van der Waals surface area contributed by atoms with Gasteiger partial charge in [0.25, 0.3) is 0 Å². The number of carbonyl (C=O) groups is 1. The quantitative estimate of drug-likeness (QED) is 0.687. The van der Waals surface area contributed by atoms with Crippen molar-refractivity contribution in [1.29, 1.82) is 0 Å². The lowest BCUT2D eigenvalue weighted by Gasteiger charge is -2.32. The summed E-state index contributed by atoms with van der Waals surface area (Å²) < 4.78 is 32.3. The number of aromatic carboxylic acids is 1. The molecule has 0 unspecified atom stereocenters. The zero-order chi connectivity index (χ0) is 20.3. The molecule has 1 saturated heterocycles. The number of carboxylic acids is 1. The number of methoxy groups -OCH3 is 1. The first-order valence-corrected chi connectivity index (χ1v) is 11.2. The van der Waals surface area contributed by atoms with E-state index in [-0.39, 0.29) is 5.56 Å². The van der Waals surface area contributed by atoms with Crippen molar-refractivity contribution in [2.24, 2.45) is 5.92 Å². The fourth-order valence-electron chi connectivity index (χ4n) is 3.92. The predicted molar refractivity (Wildman–Crippen MR) is 107 cm³/mol. The van der Waals surface area contributed by atoms with Gasteiger partial charge >= 0.3 is 5.97 Å². The zero-order valence-corrected chi connectivity index (χ0v) is 17.0. The Kier molecular flexibility index (Phi) is 6.26. The molecule has 1 aromatic heterocycles. The maximum absolute atomic E-state index is 11.8. The van der Waals surface area contributed by atoms with Crippen molar-refractivity contribution in [2.75, 3.05) is 39.5 Å². The standard InChI is InChI=1S/C19H27N3O5S/c1-27-18-17(19(23)24)15-5-3-4-6-16(15)22(18)13-14-7-10-21(11-8-14)12-9-20-28(2,25)26/h3-6,14,20H,7-13H2,1-2H3,(H,23,24). The monoisotopic (exact) mass is 409 g/mol. The molecule has 0 bridgehead atoms. The van der Waals surface area contributed by atoms with Crippen LogP contribution in [0.4, 0.5) is 0 Å². The molecule has 0 amide bonds. The summed E-state index contributed by atoms with van der Waals surface area (Å²) in [5.74, 6) is -0.182. The van der Waals surface area contributed by atoms with Crippen LogP contribution in [0.15, 0.2) is 24.3 Å². The summed E-state index contributed by atoms with van der Waals surface area (Å²) in [4.78, 5) is 14.0. The number of hydrogen-bond acceptors (Lipinski definition) is 5. The molecule has 0 atom stereocenters. The molecule has 8 nitrogen and oxygen atoms in total. The van der Waals surface area contributed by atoms with Crippen molar-refractivity contribution in [3.05, 3.63) is 29.8 Å². The van der Waals surface area contributed by atoms with Crippen molar-refractivity contribution < 1.29 is 23.1 Å². The third kappa shape index (κ3) is 4.65. The number of aromatic nitrogens is 1.